The van der Waals surface area contributed by atoms with E-state index in [1.54, 1.807) is 6.92 Å². The first kappa shape index (κ1) is 42.9. The molecule has 0 saturated heterocycles. The number of amides is 2. The highest BCUT2D eigenvalue weighted by atomic mass is 16.3. The molecular formula is C38H76N2O4. The summed E-state index contributed by atoms with van der Waals surface area (Å²) in [5, 5.41) is 26.1. The van der Waals surface area contributed by atoms with Crippen molar-refractivity contribution in [2.24, 2.45) is 0 Å². The summed E-state index contributed by atoms with van der Waals surface area (Å²) in [5.74, 6) is -0.106. The molecule has 0 fully saturated rings. The van der Waals surface area contributed by atoms with Crippen LogP contribution in [0.15, 0.2) is 0 Å². The first-order valence-electron chi connectivity index (χ1n) is 19.3. The van der Waals surface area contributed by atoms with E-state index in [1.165, 1.54) is 141 Å². The molecular weight excluding hydrogens is 548 g/mol. The molecule has 0 aromatic heterocycles. The van der Waals surface area contributed by atoms with Gasteiger partial charge in [-0.1, -0.05) is 168 Å². The van der Waals surface area contributed by atoms with E-state index in [2.05, 4.69) is 24.5 Å². The lowest BCUT2D eigenvalue weighted by Gasteiger charge is -2.25. The number of aliphatic hydroxyl groups excluding tert-OH is 2. The minimum absolute atomic E-state index is 0.0355. The number of hydrogen-bond acceptors (Lipinski definition) is 4. The molecule has 0 aliphatic rings. The van der Waals surface area contributed by atoms with Gasteiger partial charge in [-0.3, -0.25) is 9.59 Å². The Bertz CT molecular complexity index is 630. The molecule has 0 aliphatic heterocycles. The van der Waals surface area contributed by atoms with E-state index in [0.717, 1.165) is 25.7 Å². The van der Waals surface area contributed by atoms with Crippen LogP contribution in [0, 0.1) is 0 Å². The van der Waals surface area contributed by atoms with E-state index in [4.69, 9.17) is 0 Å². The van der Waals surface area contributed by atoms with Gasteiger partial charge in [0, 0.05) is 12.8 Å². The molecule has 2 amide bonds. The lowest BCUT2D eigenvalue weighted by Crippen LogP contribution is -2.46. The Labute approximate surface area is 273 Å². The van der Waals surface area contributed by atoms with Gasteiger partial charge in [-0.05, 0) is 26.2 Å². The van der Waals surface area contributed by atoms with Gasteiger partial charge in [0.25, 0.3) is 0 Å². The van der Waals surface area contributed by atoms with Crippen molar-refractivity contribution in [3.8, 4) is 0 Å². The summed E-state index contributed by atoms with van der Waals surface area (Å²) < 4.78 is 0. The highest BCUT2D eigenvalue weighted by Crippen LogP contribution is 2.15. The lowest BCUT2D eigenvalue weighted by molar-refractivity contribution is -0.124. The fraction of sp³-hybridized carbons (Fsp3) is 0.947. The summed E-state index contributed by atoms with van der Waals surface area (Å²) in [7, 11) is 0. The minimum Gasteiger partial charge on any atom is -0.394 e. The van der Waals surface area contributed by atoms with E-state index in [9.17, 15) is 19.8 Å². The Balaban J connectivity index is 3.76. The quantitative estimate of drug-likeness (QED) is 0.0536. The Morgan fingerprint density at radius 2 is 0.795 bits per heavy atom. The number of rotatable bonds is 34. The van der Waals surface area contributed by atoms with Crippen LogP contribution in [0.5, 0.6) is 0 Å². The first-order chi connectivity index (χ1) is 21.4. The van der Waals surface area contributed by atoms with E-state index in [1.807, 2.05) is 0 Å². The zero-order valence-corrected chi connectivity index (χ0v) is 29.7. The van der Waals surface area contributed by atoms with Crippen LogP contribution in [-0.2, 0) is 9.59 Å². The molecule has 0 spiro atoms. The molecule has 3 unspecified atom stereocenters. The van der Waals surface area contributed by atoms with Crippen molar-refractivity contribution in [2.75, 3.05) is 6.61 Å². The molecule has 0 aromatic rings. The van der Waals surface area contributed by atoms with Crippen molar-refractivity contribution in [3.63, 3.8) is 0 Å². The molecule has 3 atom stereocenters. The molecule has 262 valence electrons. The number of carbonyl (C=O) groups excluding carboxylic acids is 2. The largest absolute Gasteiger partial charge is 0.394 e. The number of nitrogens with one attached hydrogen (secondary N) is 2. The van der Waals surface area contributed by atoms with Crippen LogP contribution in [0.4, 0.5) is 0 Å². The fourth-order valence-electron chi connectivity index (χ4n) is 6.00. The van der Waals surface area contributed by atoms with Gasteiger partial charge in [-0.15, -0.1) is 0 Å². The average molecular weight is 625 g/mol. The van der Waals surface area contributed by atoms with E-state index in [0.29, 0.717) is 12.8 Å². The predicted octanol–water partition coefficient (Wildman–Crippen LogP) is 9.68. The summed E-state index contributed by atoms with van der Waals surface area (Å²) in [6.07, 6.45) is 33.4. The van der Waals surface area contributed by atoms with Gasteiger partial charge in [-0.25, -0.2) is 0 Å². The molecule has 0 aromatic carbocycles. The van der Waals surface area contributed by atoms with E-state index >= 15 is 0 Å². The van der Waals surface area contributed by atoms with Gasteiger partial charge in [0.2, 0.25) is 11.8 Å². The number of hydrogen-bond donors (Lipinski definition) is 4. The van der Waals surface area contributed by atoms with Crippen molar-refractivity contribution in [1.29, 1.82) is 0 Å². The standard InChI is InChI=1S/C38H76N2O4/c1-4-6-8-10-12-14-16-18-20-22-24-26-28-30-37(43)39-34(3)36(42)32-35(33-41)40-38(44)31-29-27-25-23-21-19-17-15-13-11-9-7-5-2/h34-36,41-42H,4-33H2,1-3H3,(H,39,43)(H,40,44). The predicted molar refractivity (Wildman–Crippen MR) is 188 cm³/mol. The highest BCUT2D eigenvalue weighted by molar-refractivity contribution is 5.76. The third-order valence-electron chi connectivity index (χ3n) is 9.09. The minimum atomic E-state index is -0.820. The monoisotopic (exact) mass is 625 g/mol. The van der Waals surface area contributed by atoms with E-state index < -0.39 is 18.2 Å². The van der Waals surface area contributed by atoms with Crippen molar-refractivity contribution < 1.29 is 19.8 Å². The zero-order chi connectivity index (χ0) is 32.5. The fourth-order valence-corrected chi connectivity index (χ4v) is 6.00. The zero-order valence-electron chi connectivity index (χ0n) is 29.7. The second kappa shape index (κ2) is 33.2. The van der Waals surface area contributed by atoms with Crippen LogP contribution in [0.2, 0.25) is 0 Å². The molecule has 4 N–H and O–H groups in total. The molecule has 0 aliphatic carbocycles. The maximum absolute atomic E-state index is 12.4. The molecule has 0 saturated carbocycles. The molecule has 0 heterocycles. The SMILES string of the molecule is CCCCCCCCCCCCCCCC(=O)NC(CO)CC(O)C(C)NC(=O)CCCCCCCCCCCCCCC. The third kappa shape index (κ3) is 29.6. The van der Waals surface area contributed by atoms with Crippen molar-refractivity contribution >= 4 is 11.8 Å². The number of aliphatic hydroxyl groups is 2. The Hall–Kier alpha value is -1.14. The van der Waals surface area contributed by atoms with Crippen molar-refractivity contribution in [1.82, 2.24) is 10.6 Å². The maximum atomic E-state index is 12.4. The molecule has 6 nitrogen and oxygen atoms in total. The van der Waals surface area contributed by atoms with Gasteiger partial charge in [0.15, 0.2) is 0 Å². The molecule has 0 radical (unpaired) electrons. The van der Waals surface area contributed by atoms with E-state index in [-0.39, 0.29) is 24.8 Å². The van der Waals surface area contributed by atoms with Gasteiger partial charge in [-0.2, -0.15) is 0 Å². The van der Waals surface area contributed by atoms with Crippen molar-refractivity contribution in [2.45, 2.75) is 225 Å². The molecule has 6 heteroatoms. The average Bonchev–Trinajstić information content (AvgIpc) is 3.01. The second-order valence-electron chi connectivity index (χ2n) is 13.6. The molecule has 0 rings (SSSR count). The van der Waals surface area contributed by atoms with Crippen molar-refractivity contribution in [3.05, 3.63) is 0 Å². The summed E-state index contributed by atoms with van der Waals surface area (Å²) >= 11 is 0. The van der Waals surface area contributed by atoms with Gasteiger partial charge < -0.3 is 20.8 Å². The second-order valence-corrected chi connectivity index (χ2v) is 13.6. The van der Waals surface area contributed by atoms with Crippen LogP contribution in [0.1, 0.15) is 207 Å². The van der Waals surface area contributed by atoms with Crippen LogP contribution in [-0.4, -0.2) is 46.8 Å². The van der Waals surface area contributed by atoms with Gasteiger partial charge in [0.05, 0.1) is 24.8 Å². The Kier molecular flexibility index (Phi) is 32.4. The first-order valence-corrected chi connectivity index (χ1v) is 19.3. The summed E-state index contributed by atoms with van der Waals surface area (Å²) in [4.78, 5) is 24.7. The van der Waals surface area contributed by atoms with Crippen LogP contribution < -0.4 is 10.6 Å². The Morgan fingerprint density at radius 1 is 0.500 bits per heavy atom. The third-order valence-corrected chi connectivity index (χ3v) is 9.09. The smallest absolute Gasteiger partial charge is 0.220 e. The summed E-state index contributed by atoms with van der Waals surface area (Å²) in [5.41, 5.74) is 0. The lowest BCUT2D eigenvalue weighted by atomic mass is 10.0. The van der Waals surface area contributed by atoms with Crippen LogP contribution in [0.3, 0.4) is 0 Å². The van der Waals surface area contributed by atoms with Gasteiger partial charge >= 0.3 is 0 Å². The number of unbranched alkanes of at least 4 members (excludes halogenated alkanes) is 24. The van der Waals surface area contributed by atoms with Crippen LogP contribution in [0.25, 0.3) is 0 Å². The van der Waals surface area contributed by atoms with Crippen LogP contribution >= 0.6 is 0 Å². The molecule has 44 heavy (non-hydrogen) atoms. The maximum Gasteiger partial charge on any atom is 0.220 e. The normalized spacial score (nSPS) is 13.5. The van der Waals surface area contributed by atoms with Gasteiger partial charge in [0.1, 0.15) is 0 Å². The number of carbonyl (C=O) groups is 2. The summed E-state index contributed by atoms with van der Waals surface area (Å²) in [6.45, 7) is 6.09. The Morgan fingerprint density at radius 3 is 1.11 bits per heavy atom. The topological polar surface area (TPSA) is 98.7 Å². The molecule has 0 bridgehead atoms. The summed E-state index contributed by atoms with van der Waals surface area (Å²) in [6, 6.07) is -0.920. The highest BCUT2D eigenvalue weighted by Gasteiger charge is 2.22.